The number of carbonyl (C=O) groups is 1. The SMILES string of the molecule is CN(CC#N)C(=O)Oc1ccc2ncccc2c1. The zero-order valence-corrected chi connectivity index (χ0v) is 9.83. The number of rotatable bonds is 2. The Balaban J connectivity index is 2.17. The quantitative estimate of drug-likeness (QED) is 0.756. The number of hydrogen-bond acceptors (Lipinski definition) is 4. The largest absolute Gasteiger partial charge is 0.415 e. The van der Waals surface area contributed by atoms with Crippen molar-refractivity contribution >= 4 is 17.0 Å². The number of nitriles is 1. The van der Waals surface area contributed by atoms with Crippen LogP contribution in [0.5, 0.6) is 5.75 Å². The van der Waals surface area contributed by atoms with Crippen LogP contribution in [0, 0.1) is 11.3 Å². The fraction of sp³-hybridized carbons (Fsp3) is 0.154. The molecule has 0 radical (unpaired) electrons. The van der Waals surface area contributed by atoms with Crippen LogP contribution >= 0.6 is 0 Å². The van der Waals surface area contributed by atoms with Crippen molar-refractivity contribution in [3.8, 4) is 11.8 Å². The van der Waals surface area contributed by atoms with Gasteiger partial charge in [-0.1, -0.05) is 6.07 Å². The van der Waals surface area contributed by atoms with E-state index in [1.807, 2.05) is 18.2 Å². The number of amides is 1. The van der Waals surface area contributed by atoms with E-state index in [0.29, 0.717) is 5.75 Å². The molecule has 1 aromatic heterocycles. The van der Waals surface area contributed by atoms with Crippen LogP contribution in [-0.4, -0.2) is 29.6 Å². The summed E-state index contributed by atoms with van der Waals surface area (Å²) in [5.74, 6) is 0.435. The lowest BCUT2D eigenvalue weighted by molar-refractivity contribution is 0.168. The smallest absolute Gasteiger partial charge is 0.410 e. The monoisotopic (exact) mass is 241 g/mol. The Hall–Kier alpha value is -2.61. The van der Waals surface area contributed by atoms with Gasteiger partial charge < -0.3 is 4.74 Å². The molecule has 0 aliphatic carbocycles. The summed E-state index contributed by atoms with van der Waals surface area (Å²) >= 11 is 0. The summed E-state index contributed by atoms with van der Waals surface area (Å²) in [6.45, 7) is -0.00598. The number of pyridine rings is 1. The Labute approximate surface area is 104 Å². The predicted molar refractivity (Wildman–Crippen MR) is 66.0 cm³/mol. The first-order valence-corrected chi connectivity index (χ1v) is 5.35. The molecular formula is C13H11N3O2. The van der Waals surface area contributed by atoms with E-state index < -0.39 is 6.09 Å². The van der Waals surface area contributed by atoms with Gasteiger partial charge in [-0.2, -0.15) is 5.26 Å². The highest BCUT2D eigenvalue weighted by Crippen LogP contribution is 2.19. The molecule has 0 N–H and O–H groups in total. The number of aromatic nitrogens is 1. The minimum atomic E-state index is -0.556. The number of benzene rings is 1. The highest BCUT2D eigenvalue weighted by Gasteiger charge is 2.10. The third kappa shape index (κ3) is 2.55. The van der Waals surface area contributed by atoms with Crippen molar-refractivity contribution in [2.45, 2.75) is 0 Å². The van der Waals surface area contributed by atoms with E-state index >= 15 is 0 Å². The molecule has 5 heteroatoms. The fourth-order valence-electron chi connectivity index (χ4n) is 1.47. The average molecular weight is 241 g/mol. The fourth-order valence-corrected chi connectivity index (χ4v) is 1.47. The molecule has 0 saturated carbocycles. The molecule has 2 rings (SSSR count). The number of carbonyl (C=O) groups excluding carboxylic acids is 1. The summed E-state index contributed by atoms with van der Waals surface area (Å²) in [5, 5.41) is 9.38. The van der Waals surface area contributed by atoms with E-state index in [0.717, 1.165) is 10.9 Å². The minimum absolute atomic E-state index is 0.00598. The van der Waals surface area contributed by atoms with Gasteiger partial charge in [-0.3, -0.25) is 9.88 Å². The number of ether oxygens (including phenoxy) is 1. The first-order chi connectivity index (χ1) is 8.70. The third-order valence-electron chi connectivity index (χ3n) is 2.40. The van der Waals surface area contributed by atoms with Crippen LogP contribution in [0.3, 0.4) is 0 Å². The third-order valence-corrected chi connectivity index (χ3v) is 2.40. The van der Waals surface area contributed by atoms with Crippen molar-refractivity contribution in [3.63, 3.8) is 0 Å². The minimum Gasteiger partial charge on any atom is -0.410 e. The van der Waals surface area contributed by atoms with Gasteiger partial charge in [0.15, 0.2) is 0 Å². The lowest BCUT2D eigenvalue weighted by Gasteiger charge is -2.13. The molecular weight excluding hydrogens is 230 g/mol. The van der Waals surface area contributed by atoms with Crippen LogP contribution in [0.2, 0.25) is 0 Å². The summed E-state index contributed by atoms with van der Waals surface area (Å²) in [6.07, 6.45) is 1.15. The maximum absolute atomic E-state index is 11.6. The lowest BCUT2D eigenvalue weighted by Crippen LogP contribution is -2.29. The van der Waals surface area contributed by atoms with E-state index in [9.17, 15) is 4.79 Å². The van der Waals surface area contributed by atoms with Crippen molar-refractivity contribution in [3.05, 3.63) is 36.5 Å². The molecule has 0 spiro atoms. The summed E-state index contributed by atoms with van der Waals surface area (Å²) in [4.78, 5) is 16.9. The zero-order chi connectivity index (χ0) is 13.0. The maximum atomic E-state index is 11.6. The molecule has 2 aromatic rings. The molecule has 0 aliphatic rings. The van der Waals surface area contributed by atoms with Gasteiger partial charge >= 0.3 is 6.09 Å². The van der Waals surface area contributed by atoms with Crippen LogP contribution in [0.25, 0.3) is 10.9 Å². The van der Waals surface area contributed by atoms with E-state index in [1.165, 1.54) is 11.9 Å². The zero-order valence-electron chi connectivity index (χ0n) is 9.83. The molecule has 0 atom stereocenters. The van der Waals surface area contributed by atoms with Gasteiger partial charge in [0, 0.05) is 18.6 Å². The summed E-state index contributed by atoms with van der Waals surface area (Å²) in [5.41, 5.74) is 0.836. The molecule has 1 amide bonds. The van der Waals surface area contributed by atoms with Crippen molar-refractivity contribution in [1.82, 2.24) is 9.88 Å². The van der Waals surface area contributed by atoms with E-state index in [-0.39, 0.29) is 6.54 Å². The van der Waals surface area contributed by atoms with Crippen LogP contribution in [0.1, 0.15) is 0 Å². The van der Waals surface area contributed by atoms with Gasteiger partial charge in [-0.15, -0.1) is 0 Å². The second-order valence-electron chi connectivity index (χ2n) is 3.74. The topological polar surface area (TPSA) is 66.2 Å². The van der Waals surface area contributed by atoms with Crippen LogP contribution in [0.4, 0.5) is 4.79 Å². The summed E-state index contributed by atoms with van der Waals surface area (Å²) < 4.78 is 5.14. The molecule has 18 heavy (non-hydrogen) atoms. The molecule has 0 fully saturated rings. The Morgan fingerprint density at radius 1 is 1.50 bits per heavy atom. The lowest BCUT2D eigenvalue weighted by atomic mass is 10.2. The van der Waals surface area contributed by atoms with Crippen LogP contribution in [0.15, 0.2) is 36.5 Å². The second-order valence-corrected chi connectivity index (χ2v) is 3.74. The van der Waals surface area contributed by atoms with Crippen molar-refractivity contribution in [2.24, 2.45) is 0 Å². The second kappa shape index (κ2) is 5.15. The molecule has 0 saturated heterocycles. The Kier molecular flexibility index (Phi) is 3.39. The Morgan fingerprint density at radius 2 is 2.33 bits per heavy atom. The molecule has 90 valence electrons. The van der Waals surface area contributed by atoms with Gasteiger partial charge in [-0.25, -0.2) is 4.79 Å². The normalized spacial score (nSPS) is 9.78. The van der Waals surface area contributed by atoms with E-state index in [1.54, 1.807) is 24.4 Å². The highest BCUT2D eigenvalue weighted by atomic mass is 16.6. The van der Waals surface area contributed by atoms with Gasteiger partial charge in [0.25, 0.3) is 0 Å². The van der Waals surface area contributed by atoms with Crippen LogP contribution < -0.4 is 4.74 Å². The van der Waals surface area contributed by atoms with Gasteiger partial charge in [-0.05, 0) is 24.3 Å². The standard InChI is InChI=1S/C13H11N3O2/c1-16(8-6-14)13(17)18-11-4-5-12-10(9-11)3-2-7-15-12/h2-5,7,9H,8H2,1H3. The number of hydrogen-bond donors (Lipinski definition) is 0. The molecule has 0 aliphatic heterocycles. The summed E-state index contributed by atoms with van der Waals surface area (Å²) in [7, 11) is 1.51. The van der Waals surface area contributed by atoms with Gasteiger partial charge in [0.1, 0.15) is 12.3 Å². The Morgan fingerprint density at radius 3 is 3.11 bits per heavy atom. The molecule has 0 unspecified atom stereocenters. The van der Waals surface area contributed by atoms with Crippen LogP contribution in [-0.2, 0) is 0 Å². The Bertz CT molecular complexity index is 619. The average Bonchev–Trinajstić information content (AvgIpc) is 2.39. The predicted octanol–water partition coefficient (Wildman–Crippen LogP) is 2.19. The van der Waals surface area contributed by atoms with Crippen molar-refractivity contribution in [2.75, 3.05) is 13.6 Å². The van der Waals surface area contributed by atoms with E-state index in [4.69, 9.17) is 10.00 Å². The summed E-state index contributed by atoms with van der Waals surface area (Å²) in [6, 6.07) is 10.8. The molecule has 0 bridgehead atoms. The first-order valence-electron chi connectivity index (χ1n) is 5.35. The van der Waals surface area contributed by atoms with E-state index in [2.05, 4.69) is 4.98 Å². The van der Waals surface area contributed by atoms with Gasteiger partial charge in [0.2, 0.25) is 0 Å². The first kappa shape index (κ1) is 11.9. The molecule has 1 aromatic carbocycles. The maximum Gasteiger partial charge on any atom is 0.415 e. The number of fused-ring (bicyclic) bond motifs is 1. The molecule has 5 nitrogen and oxygen atoms in total. The van der Waals surface area contributed by atoms with Crippen molar-refractivity contribution < 1.29 is 9.53 Å². The van der Waals surface area contributed by atoms with Gasteiger partial charge in [0.05, 0.1) is 11.6 Å². The van der Waals surface area contributed by atoms with Crippen molar-refractivity contribution in [1.29, 1.82) is 5.26 Å². The highest BCUT2D eigenvalue weighted by molar-refractivity contribution is 5.81. The number of nitrogens with zero attached hydrogens (tertiary/aromatic N) is 3. The molecule has 1 heterocycles.